The molecular weight excluding hydrogens is 282 g/mol. The van der Waals surface area contributed by atoms with Crippen molar-refractivity contribution >= 4 is 5.97 Å². The van der Waals surface area contributed by atoms with Crippen LogP contribution in [0, 0.1) is 6.92 Å². The molecule has 0 fully saturated rings. The minimum Gasteiger partial charge on any atom is -0.454 e. The van der Waals surface area contributed by atoms with Crippen LogP contribution in [-0.2, 0) is 18.4 Å². The zero-order valence-corrected chi connectivity index (χ0v) is 12.3. The van der Waals surface area contributed by atoms with Gasteiger partial charge in [-0.15, -0.1) is 0 Å². The molecule has 0 aliphatic rings. The van der Waals surface area contributed by atoms with Crippen LogP contribution in [0.2, 0.25) is 0 Å². The fourth-order valence-corrected chi connectivity index (χ4v) is 2.04. The fraction of sp³-hybridized carbons (Fsp3) is 0.188. The number of aromatic nitrogens is 3. The number of esters is 1. The van der Waals surface area contributed by atoms with Gasteiger partial charge in [0.05, 0.1) is 6.20 Å². The highest BCUT2D eigenvalue weighted by atomic mass is 16.5. The van der Waals surface area contributed by atoms with Gasteiger partial charge in [0.1, 0.15) is 11.3 Å². The standard InChI is InChI=1S/C16H15N3O3/c1-11-14(9-17-19(11)2)16(20)21-10-13-8-15(18-22-13)12-6-4-3-5-7-12/h3-9H,10H2,1-2H3. The normalized spacial score (nSPS) is 10.6. The van der Waals surface area contributed by atoms with Crippen LogP contribution in [0.4, 0.5) is 0 Å². The molecule has 112 valence electrons. The molecule has 6 nitrogen and oxygen atoms in total. The maximum Gasteiger partial charge on any atom is 0.342 e. The molecule has 0 aliphatic carbocycles. The summed E-state index contributed by atoms with van der Waals surface area (Å²) in [6.45, 7) is 1.85. The molecule has 0 amide bonds. The number of carbonyl (C=O) groups is 1. The van der Waals surface area contributed by atoms with Crippen LogP contribution in [-0.4, -0.2) is 20.9 Å². The molecule has 1 aromatic carbocycles. The summed E-state index contributed by atoms with van der Waals surface area (Å²) in [4.78, 5) is 12.0. The van der Waals surface area contributed by atoms with E-state index in [2.05, 4.69) is 10.3 Å². The molecule has 0 spiro atoms. The van der Waals surface area contributed by atoms with Gasteiger partial charge in [-0.1, -0.05) is 35.5 Å². The molecular formula is C16H15N3O3. The van der Waals surface area contributed by atoms with Gasteiger partial charge >= 0.3 is 5.97 Å². The largest absolute Gasteiger partial charge is 0.454 e. The van der Waals surface area contributed by atoms with E-state index in [-0.39, 0.29) is 6.61 Å². The Balaban J connectivity index is 1.66. The van der Waals surface area contributed by atoms with Crippen molar-refractivity contribution in [2.75, 3.05) is 0 Å². The van der Waals surface area contributed by atoms with Crippen LogP contribution in [0.15, 0.2) is 47.1 Å². The van der Waals surface area contributed by atoms with E-state index in [9.17, 15) is 4.79 Å². The van der Waals surface area contributed by atoms with Crippen LogP contribution in [0.25, 0.3) is 11.3 Å². The summed E-state index contributed by atoms with van der Waals surface area (Å²) in [5.41, 5.74) is 2.87. The Labute approximate surface area is 127 Å². The topological polar surface area (TPSA) is 70.2 Å². The highest BCUT2D eigenvalue weighted by Crippen LogP contribution is 2.19. The van der Waals surface area contributed by atoms with Crippen LogP contribution < -0.4 is 0 Å². The van der Waals surface area contributed by atoms with Gasteiger partial charge in [-0.05, 0) is 6.92 Å². The average Bonchev–Trinajstić information content (AvgIpc) is 3.14. The van der Waals surface area contributed by atoms with E-state index in [0.717, 1.165) is 11.3 Å². The molecule has 0 saturated carbocycles. The zero-order chi connectivity index (χ0) is 15.5. The molecule has 2 heterocycles. The van der Waals surface area contributed by atoms with Crippen LogP contribution in [0.3, 0.4) is 0 Å². The third-order valence-corrected chi connectivity index (χ3v) is 3.43. The summed E-state index contributed by atoms with van der Waals surface area (Å²) in [5, 5.41) is 7.99. The minimum absolute atomic E-state index is 0.0347. The zero-order valence-electron chi connectivity index (χ0n) is 12.3. The monoisotopic (exact) mass is 297 g/mol. The van der Waals surface area contributed by atoms with Gasteiger partial charge in [0.25, 0.3) is 0 Å². The Morgan fingerprint density at radius 1 is 1.32 bits per heavy atom. The summed E-state index contributed by atoms with van der Waals surface area (Å²) in [5.74, 6) is 0.0667. The maximum absolute atomic E-state index is 12.0. The van der Waals surface area contributed by atoms with Gasteiger partial charge in [0.2, 0.25) is 0 Å². The predicted molar refractivity (Wildman–Crippen MR) is 79.0 cm³/mol. The number of carbonyl (C=O) groups excluding carboxylic acids is 1. The second kappa shape index (κ2) is 5.85. The van der Waals surface area contributed by atoms with Crippen molar-refractivity contribution in [2.24, 2.45) is 7.05 Å². The second-order valence-electron chi connectivity index (χ2n) is 4.89. The summed E-state index contributed by atoms with van der Waals surface area (Å²) in [6, 6.07) is 11.4. The van der Waals surface area contributed by atoms with Gasteiger partial charge in [0, 0.05) is 24.4 Å². The lowest BCUT2D eigenvalue weighted by molar-refractivity contribution is 0.0436. The van der Waals surface area contributed by atoms with Crippen molar-refractivity contribution in [3.8, 4) is 11.3 Å². The van der Waals surface area contributed by atoms with E-state index in [1.807, 2.05) is 37.3 Å². The Bertz CT molecular complexity index is 790. The van der Waals surface area contributed by atoms with Crippen molar-refractivity contribution in [1.82, 2.24) is 14.9 Å². The molecule has 0 radical (unpaired) electrons. The molecule has 3 aromatic rings. The van der Waals surface area contributed by atoms with Crippen molar-refractivity contribution in [1.29, 1.82) is 0 Å². The molecule has 22 heavy (non-hydrogen) atoms. The lowest BCUT2D eigenvalue weighted by Gasteiger charge is -2.01. The van der Waals surface area contributed by atoms with E-state index in [4.69, 9.17) is 9.26 Å². The first kappa shape index (κ1) is 14.1. The average molecular weight is 297 g/mol. The SMILES string of the molecule is Cc1c(C(=O)OCc2cc(-c3ccccc3)no2)cnn1C. The van der Waals surface area contributed by atoms with Crippen molar-refractivity contribution in [2.45, 2.75) is 13.5 Å². The van der Waals surface area contributed by atoms with Gasteiger partial charge in [-0.25, -0.2) is 4.79 Å². The van der Waals surface area contributed by atoms with Crippen LogP contribution >= 0.6 is 0 Å². The predicted octanol–water partition coefficient (Wildman–Crippen LogP) is 2.74. The molecule has 6 heteroatoms. The lowest BCUT2D eigenvalue weighted by Crippen LogP contribution is -2.06. The number of aryl methyl sites for hydroxylation is 1. The highest BCUT2D eigenvalue weighted by Gasteiger charge is 2.15. The summed E-state index contributed by atoms with van der Waals surface area (Å²) < 4.78 is 12.0. The van der Waals surface area contributed by atoms with Crippen molar-refractivity contribution in [3.05, 3.63) is 59.6 Å². The minimum atomic E-state index is -0.428. The molecule has 3 rings (SSSR count). The van der Waals surface area contributed by atoms with Gasteiger partial charge in [-0.3, -0.25) is 4.68 Å². The van der Waals surface area contributed by atoms with Crippen LogP contribution in [0.1, 0.15) is 21.8 Å². The van der Waals surface area contributed by atoms with Crippen molar-refractivity contribution < 1.29 is 14.1 Å². The van der Waals surface area contributed by atoms with Gasteiger partial charge < -0.3 is 9.26 Å². The van der Waals surface area contributed by atoms with E-state index in [1.54, 1.807) is 17.8 Å². The summed E-state index contributed by atoms with van der Waals surface area (Å²) >= 11 is 0. The number of hydrogen-bond acceptors (Lipinski definition) is 5. The first-order valence-corrected chi connectivity index (χ1v) is 6.82. The van der Waals surface area contributed by atoms with Crippen LogP contribution in [0.5, 0.6) is 0 Å². The number of hydrogen-bond donors (Lipinski definition) is 0. The Hall–Kier alpha value is -2.89. The number of benzene rings is 1. The first-order valence-electron chi connectivity index (χ1n) is 6.82. The molecule has 0 aliphatic heterocycles. The quantitative estimate of drug-likeness (QED) is 0.692. The number of rotatable bonds is 4. The van der Waals surface area contributed by atoms with Gasteiger partial charge in [0.15, 0.2) is 12.4 Å². The summed E-state index contributed by atoms with van der Waals surface area (Å²) in [6.07, 6.45) is 1.49. The van der Waals surface area contributed by atoms with Gasteiger partial charge in [-0.2, -0.15) is 5.10 Å². The summed E-state index contributed by atoms with van der Waals surface area (Å²) in [7, 11) is 1.77. The Morgan fingerprint density at radius 3 is 2.77 bits per heavy atom. The first-order chi connectivity index (χ1) is 10.6. The van der Waals surface area contributed by atoms with E-state index in [1.165, 1.54) is 6.20 Å². The molecule has 0 bridgehead atoms. The fourth-order valence-electron chi connectivity index (χ4n) is 2.04. The van der Waals surface area contributed by atoms with E-state index >= 15 is 0 Å². The lowest BCUT2D eigenvalue weighted by atomic mass is 10.1. The third kappa shape index (κ3) is 2.76. The molecule has 0 unspecified atom stereocenters. The van der Waals surface area contributed by atoms with E-state index in [0.29, 0.717) is 17.0 Å². The molecule has 2 aromatic heterocycles. The highest BCUT2D eigenvalue weighted by molar-refractivity contribution is 5.90. The molecule has 0 saturated heterocycles. The maximum atomic E-state index is 12.0. The number of nitrogens with zero attached hydrogens (tertiary/aromatic N) is 3. The molecule has 0 atom stereocenters. The third-order valence-electron chi connectivity index (χ3n) is 3.43. The Kier molecular flexibility index (Phi) is 3.74. The van der Waals surface area contributed by atoms with Crippen molar-refractivity contribution in [3.63, 3.8) is 0 Å². The smallest absolute Gasteiger partial charge is 0.342 e. The second-order valence-corrected chi connectivity index (χ2v) is 4.89. The number of ether oxygens (including phenoxy) is 1. The van der Waals surface area contributed by atoms with E-state index < -0.39 is 5.97 Å². The Morgan fingerprint density at radius 2 is 2.09 bits per heavy atom. The molecule has 0 N–H and O–H groups in total.